The lowest BCUT2D eigenvalue weighted by Gasteiger charge is -2.39. The molecule has 22 heavy (non-hydrogen) atoms. The van der Waals surface area contributed by atoms with Gasteiger partial charge in [0.1, 0.15) is 0 Å². The molecule has 2 fully saturated rings. The van der Waals surface area contributed by atoms with Gasteiger partial charge in [-0.1, -0.05) is 18.6 Å². The molecule has 0 spiro atoms. The van der Waals surface area contributed by atoms with Crippen LogP contribution in [-0.2, 0) is 14.8 Å². The highest BCUT2D eigenvalue weighted by molar-refractivity contribution is 7.89. The second kappa shape index (κ2) is 6.28. The molecule has 1 heterocycles. The van der Waals surface area contributed by atoms with E-state index in [9.17, 15) is 13.5 Å². The van der Waals surface area contributed by atoms with Gasteiger partial charge >= 0.3 is 0 Å². The normalized spacial score (nSPS) is 30.5. The van der Waals surface area contributed by atoms with Crippen LogP contribution in [-0.4, -0.2) is 49.7 Å². The molecule has 1 aliphatic carbocycles. The zero-order valence-corrected chi connectivity index (χ0v) is 13.6. The third-order valence-electron chi connectivity index (χ3n) is 4.74. The fraction of sp³-hybridized carbons (Fsp3) is 0.625. The molecule has 1 N–H and O–H groups in total. The van der Waals surface area contributed by atoms with E-state index in [0.717, 1.165) is 24.8 Å². The molecular formula is C16H23NO4S. The summed E-state index contributed by atoms with van der Waals surface area (Å²) in [6.45, 7) is 3.01. The Morgan fingerprint density at radius 3 is 2.82 bits per heavy atom. The molecule has 1 aliphatic heterocycles. The molecule has 6 heteroatoms. The van der Waals surface area contributed by atoms with Crippen LogP contribution in [0.15, 0.2) is 29.2 Å². The number of ether oxygens (including phenoxy) is 1. The second-order valence-electron chi connectivity index (χ2n) is 6.24. The Kier molecular flexibility index (Phi) is 4.54. The average Bonchev–Trinajstić information content (AvgIpc) is 2.93. The minimum Gasteiger partial charge on any atom is -0.393 e. The van der Waals surface area contributed by atoms with E-state index in [-0.39, 0.29) is 12.0 Å². The van der Waals surface area contributed by atoms with Gasteiger partial charge in [-0.25, -0.2) is 8.42 Å². The molecule has 0 radical (unpaired) electrons. The second-order valence-corrected chi connectivity index (χ2v) is 8.13. The third-order valence-corrected chi connectivity index (χ3v) is 6.66. The molecule has 3 rings (SSSR count). The maximum Gasteiger partial charge on any atom is 0.243 e. The zero-order chi connectivity index (χ0) is 15.7. The predicted molar refractivity (Wildman–Crippen MR) is 83.0 cm³/mol. The van der Waals surface area contributed by atoms with E-state index in [0.29, 0.717) is 24.7 Å². The van der Waals surface area contributed by atoms with E-state index in [4.69, 9.17) is 4.74 Å². The first kappa shape index (κ1) is 15.9. The fourth-order valence-electron chi connectivity index (χ4n) is 3.57. The van der Waals surface area contributed by atoms with Crippen molar-refractivity contribution in [1.82, 2.24) is 4.31 Å². The molecule has 1 aromatic rings. The van der Waals surface area contributed by atoms with Crippen molar-refractivity contribution in [3.05, 3.63) is 29.8 Å². The number of benzene rings is 1. The van der Waals surface area contributed by atoms with Gasteiger partial charge in [-0.15, -0.1) is 0 Å². The van der Waals surface area contributed by atoms with Gasteiger partial charge in [0.05, 0.1) is 30.3 Å². The van der Waals surface area contributed by atoms with Crippen molar-refractivity contribution in [3.63, 3.8) is 0 Å². The smallest absolute Gasteiger partial charge is 0.243 e. The molecule has 2 aliphatic rings. The number of sulfonamides is 1. The Hall–Kier alpha value is -0.950. The number of rotatable bonds is 3. The number of hydrogen-bond acceptors (Lipinski definition) is 4. The lowest BCUT2D eigenvalue weighted by atomic mass is 9.96. The highest BCUT2D eigenvalue weighted by atomic mass is 32.2. The minimum absolute atomic E-state index is 0.0279. The van der Waals surface area contributed by atoms with Gasteiger partial charge in [0, 0.05) is 12.5 Å². The van der Waals surface area contributed by atoms with Gasteiger partial charge in [0.25, 0.3) is 0 Å². The van der Waals surface area contributed by atoms with Crippen molar-refractivity contribution in [3.8, 4) is 0 Å². The van der Waals surface area contributed by atoms with Gasteiger partial charge < -0.3 is 9.84 Å². The van der Waals surface area contributed by atoms with Crippen LogP contribution in [0.4, 0.5) is 0 Å². The molecule has 122 valence electrons. The quantitative estimate of drug-likeness (QED) is 0.915. The molecule has 0 aromatic heterocycles. The Bertz CT molecular complexity index is 631. The van der Waals surface area contributed by atoms with E-state index >= 15 is 0 Å². The van der Waals surface area contributed by atoms with Crippen LogP contribution in [0.1, 0.15) is 24.8 Å². The van der Waals surface area contributed by atoms with Crippen molar-refractivity contribution >= 4 is 10.0 Å². The summed E-state index contributed by atoms with van der Waals surface area (Å²) < 4.78 is 33.1. The van der Waals surface area contributed by atoms with Gasteiger partial charge in [-0.05, 0) is 37.5 Å². The molecule has 0 bridgehead atoms. The highest BCUT2D eigenvalue weighted by Gasteiger charge is 2.42. The molecule has 0 amide bonds. The Morgan fingerprint density at radius 2 is 2.14 bits per heavy atom. The summed E-state index contributed by atoms with van der Waals surface area (Å²) in [7, 11) is -3.55. The summed E-state index contributed by atoms with van der Waals surface area (Å²) >= 11 is 0. The highest BCUT2D eigenvalue weighted by Crippen LogP contribution is 2.34. The van der Waals surface area contributed by atoms with E-state index in [1.165, 1.54) is 0 Å². The van der Waals surface area contributed by atoms with E-state index in [1.54, 1.807) is 22.5 Å². The molecular weight excluding hydrogens is 302 g/mol. The third kappa shape index (κ3) is 2.93. The van der Waals surface area contributed by atoms with Gasteiger partial charge in [-0.3, -0.25) is 0 Å². The maximum absolute atomic E-state index is 13.0. The minimum atomic E-state index is -3.55. The first-order chi connectivity index (χ1) is 10.5. The molecule has 3 atom stereocenters. The molecule has 5 nitrogen and oxygen atoms in total. The topological polar surface area (TPSA) is 66.8 Å². The lowest BCUT2D eigenvalue weighted by Crippen LogP contribution is -2.53. The van der Waals surface area contributed by atoms with Crippen molar-refractivity contribution in [1.29, 1.82) is 0 Å². The van der Waals surface area contributed by atoms with E-state index in [2.05, 4.69) is 0 Å². The van der Waals surface area contributed by atoms with Crippen molar-refractivity contribution in [2.75, 3.05) is 19.8 Å². The molecule has 1 saturated heterocycles. The maximum atomic E-state index is 13.0. The average molecular weight is 325 g/mol. The van der Waals surface area contributed by atoms with Crippen LogP contribution in [0.5, 0.6) is 0 Å². The van der Waals surface area contributed by atoms with E-state index in [1.807, 2.05) is 13.0 Å². The standard InChI is InChI=1S/C16H23NO4S/c1-12-4-2-5-13(10-12)22(19,20)17-8-9-21-11-15(17)14-6-3-7-16(14)18/h2,4-5,10,14-16,18H,3,6-9,11H2,1H3/t14-,15+,16-/m0/s1. The van der Waals surface area contributed by atoms with Crippen LogP contribution in [0.25, 0.3) is 0 Å². The summed E-state index contributed by atoms with van der Waals surface area (Å²) in [6.07, 6.45) is 2.12. The van der Waals surface area contributed by atoms with Crippen LogP contribution in [0.2, 0.25) is 0 Å². The number of aliphatic hydroxyl groups is 1. The summed E-state index contributed by atoms with van der Waals surface area (Å²) in [6, 6.07) is 6.72. The largest absolute Gasteiger partial charge is 0.393 e. The van der Waals surface area contributed by atoms with Gasteiger partial charge in [0.15, 0.2) is 0 Å². The monoisotopic (exact) mass is 325 g/mol. The first-order valence-electron chi connectivity index (χ1n) is 7.84. The number of hydrogen-bond donors (Lipinski definition) is 1. The summed E-state index contributed by atoms with van der Waals surface area (Å²) in [5.41, 5.74) is 0.923. The number of morpholine rings is 1. The van der Waals surface area contributed by atoms with Gasteiger partial charge in [0.2, 0.25) is 10.0 Å². The fourth-order valence-corrected chi connectivity index (χ4v) is 5.32. The Morgan fingerprint density at radius 1 is 1.32 bits per heavy atom. The van der Waals surface area contributed by atoms with Gasteiger partial charge in [-0.2, -0.15) is 4.31 Å². The number of aliphatic hydroxyl groups excluding tert-OH is 1. The number of nitrogens with zero attached hydrogens (tertiary/aromatic N) is 1. The predicted octanol–water partition coefficient (Wildman–Crippen LogP) is 1.55. The SMILES string of the molecule is Cc1cccc(S(=O)(=O)N2CCOC[C@@H]2[C@@H]2CCC[C@@H]2O)c1. The first-order valence-corrected chi connectivity index (χ1v) is 9.28. The lowest BCUT2D eigenvalue weighted by molar-refractivity contribution is -0.0148. The van der Waals surface area contributed by atoms with Crippen LogP contribution in [0.3, 0.4) is 0 Å². The molecule has 1 saturated carbocycles. The van der Waals surface area contributed by atoms with E-state index < -0.39 is 16.1 Å². The van der Waals surface area contributed by atoms with Crippen LogP contribution in [0, 0.1) is 12.8 Å². The summed E-state index contributed by atoms with van der Waals surface area (Å²) in [5.74, 6) is -0.0279. The summed E-state index contributed by atoms with van der Waals surface area (Å²) in [4.78, 5) is 0.326. The molecule has 1 aromatic carbocycles. The zero-order valence-electron chi connectivity index (χ0n) is 12.8. The Balaban J connectivity index is 1.92. The summed E-state index contributed by atoms with van der Waals surface area (Å²) in [5, 5.41) is 10.2. The Labute approximate surface area is 131 Å². The van der Waals surface area contributed by atoms with Crippen LogP contribution >= 0.6 is 0 Å². The van der Waals surface area contributed by atoms with Crippen molar-refractivity contribution in [2.24, 2.45) is 5.92 Å². The molecule has 0 unspecified atom stereocenters. The van der Waals surface area contributed by atoms with Crippen molar-refractivity contribution < 1.29 is 18.3 Å². The van der Waals surface area contributed by atoms with Crippen LogP contribution < -0.4 is 0 Å². The number of aryl methyl sites for hydroxylation is 1. The van der Waals surface area contributed by atoms with Crippen molar-refractivity contribution in [2.45, 2.75) is 43.2 Å².